The first-order chi connectivity index (χ1) is 9.65. The van der Waals surface area contributed by atoms with Gasteiger partial charge in [0.05, 0.1) is 36.2 Å². The maximum absolute atomic E-state index is 11.8. The average Bonchev–Trinajstić information content (AvgIpc) is 2.88. The van der Waals surface area contributed by atoms with Gasteiger partial charge in [-0.15, -0.1) is 0 Å². The van der Waals surface area contributed by atoms with Crippen LogP contribution in [0.4, 0.5) is 11.5 Å². The van der Waals surface area contributed by atoms with Gasteiger partial charge in [0.25, 0.3) is 0 Å². The Kier molecular flexibility index (Phi) is 4.79. The summed E-state index contributed by atoms with van der Waals surface area (Å²) >= 11 is 0. The number of nitrogens with one attached hydrogen (secondary N) is 1. The van der Waals surface area contributed by atoms with E-state index >= 15 is 0 Å². The highest BCUT2D eigenvalue weighted by Crippen LogP contribution is 2.25. The highest BCUT2D eigenvalue weighted by molar-refractivity contribution is 5.95. The molecule has 6 nitrogen and oxygen atoms in total. The van der Waals surface area contributed by atoms with Crippen molar-refractivity contribution in [3.8, 4) is 0 Å². The van der Waals surface area contributed by atoms with Crippen LogP contribution in [0.15, 0.2) is 12.3 Å². The third-order valence-corrected chi connectivity index (χ3v) is 3.52. The Morgan fingerprint density at radius 3 is 3.05 bits per heavy atom. The van der Waals surface area contributed by atoms with Crippen LogP contribution in [0.2, 0.25) is 0 Å². The molecule has 1 aromatic rings. The summed E-state index contributed by atoms with van der Waals surface area (Å²) < 4.78 is 10.4. The van der Waals surface area contributed by atoms with E-state index in [0.717, 1.165) is 19.3 Å². The number of rotatable bonds is 5. The molecular weight excluding hydrogens is 258 g/mol. The lowest BCUT2D eigenvalue weighted by Crippen LogP contribution is -2.30. The topological polar surface area (TPSA) is 86.5 Å². The summed E-state index contributed by atoms with van der Waals surface area (Å²) in [5.41, 5.74) is 6.43. The maximum atomic E-state index is 11.8. The van der Waals surface area contributed by atoms with Crippen molar-refractivity contribution in [3.63, 3.8) is 0 Å². The quantitative estimate of drug-likeness (QED) is 0.799. The van der Waals surface area contributed by atoms with Gasteiger partial charge in [-0.05, 0) is 32.3 Å². The number of nitrogens with zero attached hydrogens (tertiary/aromatic N) is 1. The Bertz CT molecular complexity index is 479. The second-order valence-corrected chi connectivity index (χ2v) is 4.83. The van der Waals surface area contributed by atoms with E-state index in [2.05, 4.69) is 10.3 Å². The molecule has 6 heteroatoms. The number of nitrogens with two attached hydrogens (primary N) is 1. The van der Waals surface area contributed by atoms with Crippen molar-refractivity contribution in [2.75, 3.05) is 24.8 Å². The number of ether oxygens (including phenoxy) is 2. The largest absolute Gasteiger partial charge is 0.462 e. The molecule has 0 bridgehead atoms. The normalized spacial score (nSPS) is 21.7. The van der Waals surface area contributed by atoms with E-state index < -0.39 is 5.97 Å². The summed E-state index contributed by atoms with van der Waals surface area (Å²) in [4.78, 5) is 16.0. The van der Waals surface area contributed by atoms with Gasteiger partial charge in [0.1, 0.15) is 5.82 Å². The highest BCUT2D eigenvalue weighted by Gasteiger charge is 2.27. The smallest absolute Gasteiger partial charge is 0.340 e. The van der Waals surface area contributed by atoms with E-state index in [1.54, 1.807) is 20.1 Å². The van der Waals surface area contributed by atoms with Gasteiger partial charge < -0.3 is 20.5 Å². The zero-order valence-electron chi connectivity index (χ0n) is 11.9. The molecule has 20 heavy (non-hydrogen) atoms. The zero-order chi connectivity index (χ0) is 14.5. The number of methoxy groups -OCH3 is 1. The molecule has 0 radical (unpaired) electrons. The zero-order valence-corrected chi connectivity index (χ0v) is 11.9. The Balaban J connectivity index is 2.13. The van der Waals surface area contributed by atoms with Crippen molar-refractivity contribution in [2.45, 2.75) is 38.3 Å². The van der Waals surface area contributed by atoms with Crippen molar-refractivity contribution >= 4 is 17.5 Å². The molecule has 2 atom stereocenters. The standard InChI is InChI=1S/C14H21N3O3/c1-3-20-14(18)9-7-13(16-8-10(9)15)17-11-5-4-6-12(11)19-2/h7-8,11-12H,3-6,15H2,1-2H3,(H,16,17). The number of nitrogen functional groups attached to an aromatic ring is 1. The highest BCUT2D eigenvalue weighted by atomic mass is 16.5. The summed E-state index contributed by atoms with van der Waals surface area (Å²) in [6, 6.07) is 1.85. The minimum atomic E-state index is -0.426. The van der Waals surface area contributed by atoms with Gasteiger partial charge in [0.2, 0.25) is 0 Å². The molecule has 1 aliphatic carbocycles. The van der Waals surface area contributed by atoms with Crippen LogP contribution in [-0.2, 0) is 9.47 Å². The van der Waals surface area contributed by atoms with Gasteiger partial charge in [-0.25, -0.2) is 9.78 Å². The number of aromatic nitrogens is 1. The van der Waals surface area contributed by atoms with E-state index in [1.165, 1.54) is 6.20 Å². The predicted octanol–water partition coefficient (Wildman–Crippen LogP) is 1.82. The summed E-state index contributed by atoms with van der Waals surface area (Å²) in [6.07, 6.45) is 4.84. The van der Waals surface area contributed by atoms with Crippen LogP contribution in [0.25, 0.3) is 0 Å². The lowest BCUT2D eigenvalue weighted by Gasteiger charge is -2.20. The van der Waals surface area contributed by atoms with E-state index in [0.29, 0.717) is 23.7 Å². The Hall–Kier alpha value is -1.82. The summed E-state index contributed by atoms with van der Waals surface area (Å²) in [7, 11) is 1.71. The van der Waals surface area contributed by atoms with Crippen LogP contribution < -0.4 is 11.1 Å². The lowest BCUT2D eigenvalue weighted by molar-refractivity contribution is 0.0527. The third-order valence-electron chi connectivity index (χ3n) is 3.52. The first kappa shape index (κ1) is 14.6. The molecule has 3 N–H and O–H groups in total. The van der Waals surface area contributed by atoms with Crippen molar-refractivity contribution in [2.24, 2.45) is 0 Å². The Morgan fingerprint density at radius 1 is 1.55 bits per heavy atom. The molecule has 1 aliphatic rings. The molecule has 0 spiro atoms. The molecule has 110 valence electrons. The van der Waals surface area contributed by atoms with Crippen LogP contribution in [0.3, 0.4) is 0 Å². The SMILES string of the molecule is CCOC(=O)c1cc(NC2CCCC2OC)ncc1N. The Morgan fingerprint density at radius 2 is 2.35 bits per heavy atom. The van der Waals surface area contributed by atoms with Gasteiger partial charge in [0, 0.05) is 7.11 Å². The summed E-state index contributed by atoms with van der Waals surface area (Å²) in [5, 5.41) is 3.31. The maximum Gasteiger partial charge on any atom is 0.340 e. The Labute approximate surface area is 118 Å². The molecule has 1 fully saturated rings. The van der Waals surface area contributed by atoms with Crippen molar-refractivity contribution in [1.29, 1.82) is 0 Å². The van der Waals surface area contributed by atoms with E-state index in [9.17, 15) is 4.79 Å². The number of pyridine rings is 1. The van der Waals surface area contributed by atoms with E-state index in [4.69, 9.17) is 15.2 Å². The fourth-order valence-corrected chi connectivity index (χ4v) is 2.49. The average molecular weight is 279 g/mol. The van der Waals surface area contributed by atoms with Gasteiger partial charge in [-0.2, -0.15) is 0 Å². The molecule has 1 saturated carbocycles. The van der Waals surface area contributed by atoms with Crippen LogP contribution in [0, 0.1) is 0 Å². The number of carbonyl (C=O) groups is 1. The minimum absolute atomic E-state index is 0.181. The molecule has 0 amide bonds. The molecular formula is C14H21N3O3. The first-order valence-electron chi connectivity index (χ1n) is 6.87. The fraction of sp³-hybridized carbons (Fsp3) is 0.571. The lowest BCUT2D eigenvalue weighted by atomic mass is 10.2. The number of anilines is 2. The fourth-order valence-electron chi connectivity index (χ4n) is 2.49. The van der Waals surface area contributed by atoms with Gasteiger partial charge in [-0.3, -0.25) is 0 Å². The number of hydrogen-bond donors (Lipinski definition) is 2. The van der Waals surface area contributed by atoms with Crippen LogP contribution in [0.5, 0.6) is 0 Å². The van der Waals surface area contributed by atoms with Gasteiger partial charge in [0.15, 0.2) is 0 Å². The number of carbonyl (C=O) groups excluding carboxylic acids is 1. The molecule has 0 aromatic carbocycles. The molecule has 1 aromatic heterocycles. The van der Waals surface area contributed by atoms with E-state index in [-0.39, 0.29) is 12.1 Å². The molecule has 0 saturated heterocycles. The van der Waals surface area contributed by atoms with Crippen LogP contribution in [0.1, 0.15) is 36.5 Å². The monoisotopic (exact) mass is 279 g/mol. The van der Waals surface area contributed by atoms with Crippen LogP contribution >= 0.6 is 0 Å². The van der Waals surface area contributed by atoms with Crippen molar-refractivity contribution in [1.82, 2.24) is 4.98 Å². The van der Waals surface area contributed by atoms with Crippen molar-refractivity contribution < 1.29 is 14.3 Å². The number of esters is 1. The minimum Gasteiger partial charge on any atom is -0.462 e. The molecule has 2 unspecified atom stereocenters. The van der Waals surface area contributed by atoms with Crippen molar-refractivity contribution in [3.05, 3.63) is 17.8 Å². The molecule has 0 aliphatic heterocycles. The van der Waals surface area contributed by atoms with Gasteiger partial charge >= 0.3 is 5.97 Å². The second-order valence-electron chi connectivity index (χ2n) is 4.83. The second kappa shape index (κ2) is 6.56. The molecule has 2 rings (SSSR count). The van der Waals surface area contributed by atoms with Gasteiger partial charge in [-0.1, -0.05) is 0 Å². The first-order valence-corrected chi connectivity index (χ1v) is 6.87. The van der Waals surface area contributed by atoms with Crippen LogP contribution in [-0.4, -0.2) is 36.8 Å². The summed E-state index contributed by atoms with van der Waals surface area (Å²) in [5.74, 6) is 0.196. The number of hydrogen-bond acceptors (Lipinski definition) is 6. The summed E-state index contributed by atoms with van der Waals surface area (Å²) in [6.45, 7) is 2.08. The third kappa shape index (κ3) is 3.19. The predicted molar refractivity (Wildman–Crippen MR) is 76.7 cm³/mol. The van der Waals surface area contributed by atoms with E-state index in [1.807, 2.05) is 0 Å². The molecule has 1 heterocycles.